The highest BCUT2D eigenvalue weighted by Gasteiger charge is 2.31. The van der Waals surface area contributed by atoms with Crippen molar-refractivity contribution in [2.24, 2.45) is 0 Å². The van der Waals surface area contributed by atoms with E-state index in [4.69, 9.17) is 14.6 Å². The Balaban J connectivity index is 2.52. The van der Waals surface area contributed by atoms with E-state index in [1.54, 1.807) is 4.90 Å². The van der Waals surface area contributed by atoms with Crippen LogP contribution in [0.25, 0.3) is 0 Å². The molecule has 1 aliphatic heterocycles. The second kappa shape index (κ2) is 9.45. The molecule has 3 atom stereocenters. The van der Waals surface area contributed by atoms with E-state index in [-0.39, 0.29) is 24.8 Å². The van der Waals surface area contributed by atoms with Gasteiger partial charge in [-0.3, -0.25) is 0 Å². The van der Waals surface area contributed by atoms with Crippen molar-refractivity contribution < 1.29 is 19.4 Å². The molecule has 0 spiro atoms. The van der Waals surface area contributed by atoms with Crippen LogP contribution in [0.3, 0.4) is 0 Å². The molecule has 1 aliphatic rings. The van der Waals surface area contributed by atoms with Crippen LogP contribution in [0.5, 0.6) is 0 Å². The lowest BCUT2D eigenvalue weighted by Crippen LogP contribution is -2.52. The van der Waals surface area contributed by atoms with Gasteiger partial charge in [0.1, 0.15) is 5.60 Å². The Morgan fingerprint density at radius 3 is 2.70 bits per heavy atom. The first kappa shape index (κ1) is 20.2. The molecule has 1 heterocycles. The molecule has 0 aromatic carbocycles. The predicted molar refractivity (Wildman–Crippen MR) is 90.5 cm³/mol. The number of hydrogen-bond donors (Lipinski definition) is 2. The van der Waals surface area contributed by atoms with E-state index in [1.807, 2.05) is 20.8 Å². The number of nitrogens with one attached hydrogen (secondary N) is 1. The second-order valence-corrected chi connectivity index (χ2v) is 7.47. The molecule has 1 saturated heterocycles. The van der Waals surface area contributed by atoms with E-state index in [0.717, 1.165) is 19.3 Å². The van der Waals surface area contributed by atoms with Gasteiger partial charge in [-0.15, -0.1) is 0 Å². The van der Waals surface area contributed by atoms with Gasteiger partial charge in [0.05, 0.1) is 19.3 Å². The second-order valence-electron chi connectivity index (χ2n) is 7.47. The zero-order valence-electron chi connectivity index (χ0n) is 15.3. The van der Waals surface area contributed by atoms with Crippen molar-refractivity contribution >= 4 is 6.09 Å². The number of hydrogen-bond acceptors (Lipinski definition) is 5. The molecular formula is C17H34N2O4. The molecule has 2 N–H and O–H groups in total. The summed E-state index contributed by atoms with van der Waals surface area (Å²) in [4.78, 5) is 14.2. The Labute approximate surface area is 140 Å². The maximum atomic E-state index is 12.4. The van der Waals surface area contributed by atoms with E-state index < -0.39 is 5.60 Å². The largest absolute Gasteiger partial charge is 0.444 e. The number of nitrogens with zero attached hydrogens (tertiary/aromatic N) is 1. The number of carbonyl (C=O) groups excluding carboxylic acids is 1. The number of morpholine rings is 1. The van der Waals surface area contributed by atoms with Gasteiger partial charge in [-0.2, -0.15) is 0 Å². The van der Waals surface area contributed by atoms with Gasteiger partial charge in [0.25, 0.3) is 0 Å². The molecular weight excluding hydrogens is 296 g/mol. The van der Waals surface area contributed by atoms with Gasteiger partial charge >= 0.3 is 6.09 Å². The lowest BCUT2D eigenvalue weighted by Gasteiger charge is -2.38. The van der Waals surface area contributed by atoms with Crippen molar-refractivity contribution in [3.63, 3.8) is 0 Å². The molecule has 0 saturated carbocycles. The van der Waals surface area contributed by atoms with Crippen LogP contribution in [-0.2, 0) is 9.47 Å². The van der Waals surface area contributed by atoms with Crippen LogP contribution in [-0.4, -0.2) is 66.2 Å². The lowest BCUT2D eigenvalue weighted by atomic mass is 10.0. The Morgan fingerprint density at radius 2 is 2.09 bits per heavy atom. The number of aliphatic hydroxyl groups is 1. The molecule has 6 nitrogen and oxygen atoms in total. The van der Waals surface area contributed by atoms with Crippen molar-refractivity contribution in [3.05, 3.63) is 0 Å². The summed E-state index contributed by atoms with van der Waals surface area (Å²) < 4.78 is 11.1. The van der Waals surface area contributed by atoms with Crippen LogP contribution in [0.15, 0.2) is 0 Å². The average molecular weight is 330 g/mol. The van der Waals surface area contributed by atoms with Gasteiger partial charge in [0.2, 0.25) is 0 Å². The summed E-state index contributed by atoms with van der Waals surface area (Å²) in [7, 11) is 0. The van der Waals surface area contributed by atoms with Crippen molar-refractivity contribution in [2.75, 3.05) is 26.4 Å². The summed E-state index contributed by atoms with van der Waals surface area (Å²) in [6.45, 7) is 11.8. The zero-order chi connectivity index (χ0) is 17.5. The monoisotopic (exact) mass is 330 g/mol. The predicted octanol–water partition coefficient (Wildman–Crippen LogP) is 2.15. The van der Waals surface area contributed by atoms with Crippen LogP contribution in [0.4, 0.5) is 4.79 Å². The van der Waals surface area contributed by atoms with E-state index in [1.165, 1.54) is 0 Å². The van der Waals surface area contributed by atoms with Crippen LogP contribution >= 0.6 is 0 Å². The fourth-order valence-electron chi connectivity index (χ4n) is 2.85. The minimum absolute atomic E-state index is 0.0335. The first-order valence-electron chi connectivity index (χ1n) is 8.67. The summed E-state index contributed by atoms with van der Waals surface area (Å²) in [5.41, 5.74) is -0.484. The van der Waals surface area contributed by atoms with Gasteiger partial charge < -0.3 is 24.8 Å². The highest BCUT2D eigenvalue weighted by molar-refractivity contribution is 5.68. The van der Waals surface area contributed by atoms with Crippen molar-refractivity contribution in [3.8, 4) is 0 Å². The van der Waals surface area contributed by atoms with Gasteiger partial charge in [-0.1, -0.05) is 0 Å². The minimum Gasteiger partial charge on any atom is -0.444 e. The molecule has 0 aromatic heterocycles. The summed E-state index contributed by atoms with van der Waals surface area (Å²) in [5.74, 6) is 0. The topological polar surface area (TPSA) is 71.0 Å². The SMILES string of the molecule is CC(CCCO)NC(C)CC1COCCN1C(=O)OC(C)(C)C. The van der Waals surface area contributed by atoms with E-state index in [0.29, 0.717) is 25.8 Å². The number of amides is 1. The number of carbonyl (C=O) groups is 1. The number of aliphatic hydroxyl groups excluding tert-OH is 1. The fourth-order valence-corrected chi connectivity index (χ4v) is 2.85. The highest BCUT2D eigenvalue weighted by Crippen LogP contribution is 2.18. The molecule has 1 fully saturated rings. The van der Waals surface area contributed by atoms with Crippen molar-refractivity contribution in [2.45, 2.75) is 77.6 Å². The van der Waals surface area contributed by atoms with Gasteiger partial charge in [-0.25, -0.2) is 4.79 Å². The molecule has 23 heavy (non-hydrogen) atoms. The summed E-state index contributed by atoms with van der Waals surface area (Å²) in [5, 5.41) is 12.4. The first-order valence-corrected chi connectivity index (χ1v) is 8.67. The average Bonchev–Trinajstić information content (AvgIpc) is 2.43. The van der Waals surface area contributed by atoms with Gasteiger partial charge in [-0.05, 0) is 53.9 Å². The van der Waals surface area contributed by atoms with E-state index in [9.17, 15) is 4.79 Å². The highest BCUT2D eigenvalue weighted by atomic mass is 16.6. The van der Waals surface area contributed by atoms with Crippen molar-refractivity contribution in [1.82, 2.24) is 10.2 Å². The standard InChI is InChI=1S/C17H34N2O4/c1-13(7-6-9-20)18-14(2)11-15-12-22-10-8-19(15)16(21)23-17(3,4)5/h13-15,18,20H,6-12H2,1-5H3. The molecule has 136 valence electrons. The molecule has 1 rings (SSSR count). The zero-order valence-corrected chi connectivity index (χ0v) is 15.3. The van der Waals surface area contributed by atoms with Crippen LogP contribution in [0.2, 0.25) is 0 Å². The number of rotatable bonds is 7. The van der Waals surface area contributed by atoms with Crippen LogP contribution < -0.4 is 5.32 Å². The van der Waals surface area contributed by atoms with E-state index in [2.05, 4.69) is 19.2 Å². The number of ether oxygens (including phenoxy) is 2. The molecule has 0 radical (unpaired) electrons. The molecule has 0 aromatic rings. The Morgan fingerprint density at radius 1 is 1.39 bits per heavy atom. The Kier molecular flexibility index (Phi) is 8.29. The molecule has 3 unspecified atom stereocenters. The van der Waals surface area contributed by atoms with E-state index >= 15 is 0 Å². The molecule has 0 aliphatic carbocycles. The molecule has 0 bridgehead atoms. The smallest absolute Gasteiger partial charge is 0.410 e. The molecule has 1 amide bonds. The Hall–Kier alpha value is -0.850. The lowest BCUT2D eigenvalue weighted by molar-refractivity contribution is -0.0357. The quantitative estimate of drug-likeness (QED) is 0.748. The summed E-state index contributed by atoms with van der Waals surface area (Å²) >= 11 is 0. The third-order valence-corrected chi connectivity index (χ3v) is 3.85. The molecule has 6 heteroatoms. The summed E-state index contributed by atoms with van der Waals surface area (Å²) in [6, 6.07) is 0.642. The summed E-state index contributed by atoms with van der Waals surface area (Å²) in [6.07, 6.45) is 2.31. The third kappa shape index (κ3) is 7.99. The van der Waals surface area contributed by atoms with Gasteiger partial charge in [0, 0.05) is 25.2 Å². The fraction of sp³-hybridized carbons (Fsp3) is 0.941. The normalized spacial score (nSPS) is 21.8. The minimum atomic E-state index is -0.484. The van der Waals surface area contributed by atoms with Crippen molar-refractivity contribution in [1.29, 1.82) is 0 Å². The first-order chi connectivity index (χ1) is 10.7. The van der Waals surface area contributed by atoms with Crippen LogP contribution in [0, 0.1) is 0 Å². The maximum Gasteiger partial charge on any atom is 0.410 e. The Bertz CT molecular complexity index is 357. The van der Waals surface area contributed by atoms with Crippen LogP contribution in [0.1, 0.15) is 53.9 Å². The van der Waals surface area contributed by atoms with Gasteiger partial charge in [0.15, 0.2) is 0 Å². The maximum absolute atomic E-state index is 12.4. The third-order valence-electron chi connectivity index (χ3n) is 3.85.